The first-order chi connectivity index (χ1) is 8.24. The Balaban J connectivity index is 2.11. The third-order valence-corrected chi connectivity index (χ3v) is 3.11. The molecule has 0 unspecified atom stereocenters. The van der Waals surface area contributed by atoms with Gasteiger partial charge in [-0.2, -0.15) is 0 Å². The van der Waals surface area contributed by atoms with Gasteiger partial charge in [0, 0.05) is 12.4 Å². The maximum Gasteiger partial charge on any atom is 0.141 e. The fraction of sp³-hybridized carbons (Fsp3) is 0.538. The Hall–Kier alpha value is -0.310. The molecule has 0 fully saturated rings. The Morgan fingerprint density at radius 2 is 1.88 bits per heavy atom. The van der Waals surface area contributed by atoms with E-state index < -0.39 is 0 Å². The summed E-state index contributed by atoms with van der Waals surface area (Å²) >= 11 is 11.3. The quantitative estimate of drug-likeness (QED) is 0.550. The third kappa shape index (κ3) is 6.25. The summed E-state index contributed by atoms with van der Waals surface area (Å²) in [4.78, 5) is 0. The fourth-order valence-corrected chi connectivity index (χ4v) is 1.97. The second-order valence-electron chi connectivity index (χ2n) is 4.03. The van der Waals surface area contributed by atoms with Crippen molar-refractivity contribution >= 4 is 23.2 Å². The lowest BCUT2D eigenvalue weighted by Crippen LogP contribution is -2.14. The zero-order chi connectivity index (χ0) is 12.5. The largest absolute Gasteiger partial charge is 0.313 e. The van der Waals surface area contributed by atoms with Crippen LogP contribution in [0.3, 0.4) is 0 Å². The number of alkyl halides is 1. The van der Waals surface area contributed by atoms with Crippen molar-refractivity contribution in [1.29, 1.82) is 0 Å². The molecule has 0 aliphatic carbocycles. The van der Waals surface area contributed by atoms with E-state index in [-0.39, 0.29) is 10.8 Å². The standard InChI is InChI=1S/C13H18Cl2FN/c14-7-3-1-2-4-8-17-10-11-5-6-13(16)12(15)9-11/h5-6,9,17H,1-4,7-8,10H2. The normalized spacial score (nSPS) is 10.8. The smallest absolute Gasteiger partial charge is 0.141 e. The van der Waals surface area contributed by atoms with Gasteiger partial charge in [0.25, 0.3) is 0 Å². The van der Waals surface area contributed by atoms with E-state index in [1.807, 2.05) is 0 Å². The number of unbranched alkanes of at least 4 members (excludes halogenated alkanes) is 3. The fourth-order valence-electron chi connectivity index (χ4n) is 1.58. The van der Waals surface area contributed by atoms with Crippen LogP contribution in [0.4, 0.5) is 4.39 Å². The van der Waals surface area contributed by atoms with Crippen LogP contribution in [0.25, 0.3) is 0 Å². The highest BCUT2D eigenvalue weighted by Crippen LogP contribution is 2.15. The minimum Gasteiger partial charge on any atom is -0.313 e. The van der Waals surface area contributed by atoms with Crippen LogP contribution in [0.15, 0.2) is 18.2 Å². The van der Waals surface area contributed by atoms with Gasteiger partial charge in [-0.25, -0.2) is 4.39 Å². The lowest BCUT2D eigenvalue weighted by atomic mass is 10.2. The molecule has 0 spiro atoms. The Morgan fingerprint density at radius 1 is 1.12 bits per heavy atom. The molecule has 0 aliphatic rings. The minimum absolute atomic E-state index is 0.186. The Kier molecular flexibility index (Phi) is 7.58. The van der Waals surface area contributed by atoms with E-state index in [2.05, 4.69) is 5.32 Å². The zero-order valence-electron chi connectivity index (χ0n) is 9.82. The highest BCUT2D eigenvalue weighted by molar-refractivity contribution is 6.30. The number of halogens is 3. The van der Waals surface area contributed by atoms with Crippen LogP contribution >= 0.6 is 23.2 Å². The summed E-state index contributed by atoms with van der Waals surface area (Å²) in [7, 11) is 0. The van der Waals surface area contributed by atoms with Gasteiger partial charge in [0.05, 0.1) is 5.02 Å². The predicted octanol–water partition coefficient (Wildman–Crippen LogP) is 4.37. The summed E-state index contributed by atoms with van der Waals surface area (Å²) in [6, 6.07) is 4.82. The van der Waals surface area contributed by atoms with Gasteiger partial charge in [0.1, 0.15) is 5.82 Å². The van der Waals surface area contributed by atoms with Gasteiger partial charge in [0.2, 0.25) is 0 Å². The number of nitrogens with one attached hydrogen (secondary N) is 1. The number of rotatable bonds is 8. The second kappa shape index (κ2) is 8.73. The molecule has 1 N–H and O–H groups in total. The SMILES string of the molecule is Fc1ccc(CNCCCCCCCl)cc1Cl. The summed E-state index contributed by atoms with van der Waals surface area (Å²) in [5.74, 6) is 0.387. The maximum absolute atomic E-state index is 12.9. The van der Waals surface area contributed by atoms with Crippen LogP contribution < -0.4 is 5.32 Å². The van der Waals surface area contributed by atoms with Crippen LogP contribution in [-0.2, 0) is 6.54 Å². The summed E-state index contributed by atoms with van der Waals surface area (Å²) in [6.45, 7) is 1.70. The zero-order valence-corrected chi connectivity index (χ0v) is 11.3. The molecule has 1 aromatic carbocycles. The average Bonchev–Trinajstić information content (AvgIpc) is 2.32. The number of hydrogen-bond acceptors (Lipinski definition) is 1. The summed E-state index contributed by atoms with van der Waals surface area (Å²) in [5, 5.41) is 3.50. The van der Waals surface area contributed by atoms with E-state index in [1.165, 1.54) is 18.9 Å². The van der Waals surface area contributed by atoms with Crippen molar-refractivity contribution in [3.63, 3.8) is 0 Å². The Bertz CT molecular complexity index is 331. The van der Waals surface area contributed by atoms with Gasteiger partial charge in [-0.05, 0) is 37.1 Å². The molecular formula is C13H18Cl2FN. The minimum atomic E-state index is -0.364. The molecular weight excluding hydrogens is 260 g/mol. The van der Waals surface area contributed by atoms with Crippen molar-refractivity contribution in [3.05, 3.63) is 34.6 Å². The lowest BCUT2D eigenvalue weighted by Gasteiger charge is -2.05. The van der Waals surface area contributed by atoms with Gasteiger partial charge in [-0.15, -0.1) is 11.6 Å². The van der Waals surface area contributed by atoms with E-state index in [0.717, 1.165) is 37.4 Å². The topological polar surface area (TPSA) is 12.0 Å². The van der Waals surface area contributed by atoms with E-state index in [4.69, 9.17) is 23.2 Å². The molecule has 0 aliphatic heterocycles. The van der Waals surface area contributed by atoms with E-state index in [0.29, 0.717) is 0 Å². The first kappa shape index (κ1) is 14.7. The van der Waals surface area contributed by atoms with Crippen molar-refractivity contribution < 1.29 is 4.39 Å². The molecule has 0 bridgehead atoms. The first-order valence-corrected chi connectivity index (χ1v) is 6.86. The van der Waals surface area contributed by atoms with Crippen molar-refractivity contribution in [2.75, 3.05) is 12.4 Å². The monoisotopic (exact) mass is 277 g/mol. The van der Waals surface area contributed by atoms with Crippen molar-refractivity contribution in [2.24, 2.45) is 0 Å². The molecule has 1 aromatic rings. The third-order valence-electron chi connectivity index (χ3n) is 2.55. The highest BCUT2D eigenvalue weighted by atomic mass is 35.5. The summed E-state index contributed by atoms with van der Waals surface area (Å²) < 4.78 is 12.9. The van der Waals surface area contributed by atoms with Gasteiger partial charge in [-0.1, -0.05) is 30.5 Å². The predicted molar refractivity (Wildman–Crippen MR) is 72.3 cm³/mol. The molecule has 1 nitrogen and oxygen atoms in total. The maximum atomic E-state index is 12.9. The van der Waals surface area contributed by atoms with Gasteiger partial charge < -0.3 is 5.32 Å². The van der Waals surface area contributed by atoms with Crippen LogP contribution in [0.2, 0.25) is 5.02 Å². The summed E-state index contributed by atoms with van der Waals surface area (Å²) in [5.41, 5.74) is 1.01. The molecule has 0 saturated carbocycles. The first-order valence-electron chi connectivity index (χ1n) is 5.94. The molecule has 4 heteroatoms. The molecule has 0 amide bonds. The molecule has 0 atom stereocenters. The van der Waals surface area contributed by atoms with Crippen LogP contribution in [0.1, 0.15) is 31.2 Å². The molecule has 17 heavy (non-hydrogen) atoms. The summed E-state index contributed by atoms with van der Waals surface area (Å²) in [6.07, 6.45) is 4.62. The van der Waals surface area contributed by atoms with Gasteiger partial charge >= 0.3 is 0 Å². The van der Waals surface area contributed by atoms with Crippen molar-refractivity contribution in [2.45, 2.75) is 32.2 Å². The number of benzene rings is 1. The van der Waals surface area contributed by atoms with Gasteiger partial charge in [-0.3, -0.25) is 0 Å². The molecule has 0 radical (unpaired) electrons. The Labute approximate surface area is 112 Å². The molecule has 0 saturated heterocycles. The van der Waals surface area contributed by atoms with Crippen LogP contribution in [0, 0.1) is 5.82 Å². The van der Waals surface area contributed by atoms with E-state index in [9.17, 15) is 4.39 Å². The Morgan fingerprint density at radius 3 is 2.59 bits per heavy atom. The second-order valence-corrected chi connectivity index (χ2v) is 4.81. The highest BCUT2D eigenvalue weighted by Gasteiger charge is 2.00. The van der Waals surface area contributed by atoms with Crippen LogP contribution in [-0.4, -0.2) is 12.4 Å². The average molecular weight is 278 g/mol. The van der Waals surface area contributed by atoms with Crippen molar-refractivity contribution in [1.82, 2.24) is 5.32 Å². The molecule has 96 valence electrons. The lowest BCUT2D eigenvalue weighted by molar-refractivity contribution is 0.597. The van der Waals surface area contributed by atoms with Crippen LogP contribution in [0.5, 0.6) is 0 Å². The van der Waals surface area contributed by atoms with E-state index in [1.54, 1.807) is 12.1 Å². The number of hydrogen-bond donors (Lipinski definition) is 1. The molecule has 0 aromatic heterocycles. The van der Waals surface area contributed by atoms with Crippen molar-refractivity contribution in [3.8, 4) is 0 Å². The van der Waals surface area contributed by atoms with Gasteiger partial charge in [0.15, 0.2) is 0 Å². The molecule has 1 rings (SSSR count). The van der Waals surface area contributed by atoms with E-state index >= 15 is 0 Å². The molecule has 0 heterocycles.